The SMILES string of the molecule is CCCCCCCCCCC[C@](CCc1ccccc1)(OC(=O)CCCCCCCCC)C(=O)C(=O)[O-]. The monoisotopic (exact) mass is 515 g/mol. The molecule has 1 aromatic rings. The summed E-state index contributed by atoms with van der Waals surface area (Å²) in [7, 11) is 0. The zero-order chi connectivity index (χ0) is 27.2. The van der Waals surface area contributed by atoms with E-state index in [1.807, 2.05) is 30.3 Å². The molecular formula is C32H51O5-. The van der Waals surface area contributed by atoms with Gasteiger partial charge >= 0.3 is 5.97 Å². The lowest BCUT2D eigenvalue weighted by Crippen LogP contribution is -2.52. The van der Waals surface area contributed by atoms with Crippen LogP contribution in [0.2, 0.25) is 0 Å². The van der Waals surface area contributed by atoms with Gasteiger partial charge in [0.2, 0.25) is 5.78 Å². The second kappa shape index (κ2) is 20.8. The van der Waals surface area contributed by atoms with Crippen molar-refractivity contribution in [2.75, 3.05) is 0 Å². The third kappa shape index (κ3) is 15.0. The normalized spacial score (nSPS) is 12.7. The van der Waals surface area contributed by atoms with Gasteiger partial charge in [-0.15, -0.1) is 0 Å². The molecule has 0 fully saturated rings. The second-order valence-electron chi connectivity index (χ2n) is 10.5. The number of carboxylic acid groups (broad SMARTS) is 1. The van der Waals surface area contributed by atoms with Crippen molar-refractivity contribution in [2.24, 2.45) is 0 Å². The van der Waals surface area contributed by atoms with E-state index < -0.39 is 23.3 Å². The van der Waals surface area contributed by atoms with Gasteiger partial charge in [0.05, 0.1) is 0 Å². The molecule has 37 heavy (non-hydrogen) atoms. The zero-order valence-corrected chi connectivity index (χ0v) is 23.6. The molecule has 1 atom stereocenters. The van der Waals surface area contributed by atoms with Crippen LogP contribution in [-0.4, -0.2) is 23.3 Å². The largest absolute Gasteiger partial charge is 0.542 e. The molecule has 0 N–H and O–H groups in total. The number of hydrogen-bond donors (Lipinski definition) is 0. The lowest BCUT2D eigenvalue weighted by atomic mass is 9.85. The third-order valence-electron chi connectivity index (χ3n) is 7.24. The molecular weight excluding hydrogens is 464 g/mol. The standard InChI is InChI=1S/C32H52O5/c1-3-5-7-9-11-12-14-16-21-26-32(30(34)31(35)36,27-25-28-22-18-17-19-23-28)37-29(33)24-20-15-13-10-8-6-4-2/h17-19,22-23H,3-16,20-21,24-27H2,1-2H3,(H,35,36)/p-1/t32-/m1/s1. The van der Waals surface area contributed by atoms with Gasteiger partial charge in [0, 0.05) is 6.42 Å². The van der Waals surface area contributed by atoms with Crippen LogP contribution in [0.25, 0.3) is 0 Å². The quantitative estimate of drug-likeness (QED) is 0.0820. The molecule has 0 aliphatic heterocycles. The van der Waals surface area contributed by atoms with Crippen LogP contribution in [-0.2, 0) is 25.5 Å². The van der Waals surface area contributed by atoms with Gasteiger partial charge < -0.3 is 14.6 Å². The number of rotatable bonds is 24. The molecule has 0 aliphatic rings. The van der Waals surface area contributed by atoms with Gasteiger partial charge in [0.15, 0.2) is 5.60 Å². The molecule has 0 radical (unpaired) electrons. The van der Waals surface area contributed by atoms with Crippen LogP contribution >= 0.6 is 0 Å². The van der Waals surface area contributed by atoms with E-state index >= 15 is 0 Å². The summed E-state index contributed by atoms with van der Waals surface area (Å²) in [4.78, 5) is 37.5. The number of hydrogen-bond acceptors (Lipinski definition) is 5. The Kier molecular flexibility index (Phi) is 18.5. The number of carboxylic acids is 1. The highest BCUT2D eigenvalue weighted by Crippen LogP contribution is 2.29. The highest BCUT2D eigenvalue weighted by molar-refractivity contribution is 6.35. The first-order valence-electron chi connectivity index (χ1n) is 15.0. The second-order valence-corrected chi connectivity index (χ2v) is 10.5. The number of aryl methyl sites for hydroxylation is 1. The highest BCUT2D eigenvalue weighted by atomic mass is 16.6. The number of aliphatic carboxylic acids is 1. The number of carbonyl (C=O) groups excluding carboxylic acids is 3. The Morgan fingerprint density at radius 2 is 1.16 bits per heavy atom. The fourth-order valence-electron chi connectivity index (χ4n) is 4.89. The number of carbonyl (C=O) groups is 3. The fraction of sp³-hybridized carbons (Fsp3) is 0.719. The molecule has 0 aliphatic carbocycles. The van der Waals surface area contributed by atoms with E-state index in [0.29, 0.717) is 19.3 Å². The van der Waals surface area contributed by atoms with Crippen LogP contribution in [0.1, 0.15) is 141 Å². The van der Waals surface area contributed by atoms with Crippen molar-refractivity contribution >= 4 is 17.7 Å². The van der Waals surface area contributed by atoms with Gasteiger partial charge in [-0.05, 0) is 37.7 Å². The molecule has 0 saturated carbocycles. The topological polar surface area (TPSA) is 83.5 Å². The molecule has 5 heteroatoms. The van der Waals surface area contributed by atoms with E-state index in [1.54, 1.807) is 0 Å². The van der Waals surface area contributed by atoms with Gasteiger partial charge in [0.25, 0.3) is 0 Å². The number of Topliss-reactive ketones (excluding diaryl/α,β-unsaturated/α-hetero) is 1. The number of unbranched alkanes of at least 4 members (excludes halogenated alkanes) is 14. The summed E-state index contributed by atoms with van der Waals surface area (Å²) in [5.41, 5.74) is -0.679. The lowest BCUT2D eigenvalue weighted by molar-refractivity contribution is -0.302. The number of esters is 1. The molecule has 1 aromatic carbocycles. The van der Waals surface area contributed by atoms with Crippen molar-refractivity contribution in [2.45, 2.75) is 148 Å². The summed E-state index contributed by atoms with van der Waals surface area (Å²) in [6.07, 6.45) is 18.5. The molecule has 0 amide bonds. The number of benzene rings is 1. The predicted octanol–water partition coefficient (Wildman–Crippen LogP) is 7.28. The molecule has 0 unspecified atom stereocenters. The average Bonchev–Trinajstić information content (AvgIpc) is 2.90. The van der Waals surface area contributed by atoms with Crippen molar-refractivity contribution in [3.05, 3.63) is 35.9 Å². The van der Waals surface area contributed by atoms with Crippen LogP contribution in [0.15, 0.2) is 30.3 Å². The summed E-state index contributed by atoms with van der Waals surface area (Å²) in [5, 5.41) is 11.7. The van der Waals surface area contributed by atoms with Crippen molar-refractivity contribution in [1.29, 1.82) is 0 Å². The van der Waals surface area contributed by atoms with Gasteiger partial charge in [0.1, 0.15) is 5.97 Å². The predicted molar refractivity (Wildman–Crippen MR) is 148 cm³/mol. The summed E-state index contributed by atoms with van der Waals surface area (Å²) in [5.74, 6) is -3.35. The van der Waals surface area contributed by atoms with Crippen LogP contribution in [0.5, 0.6) is 0 Å². The summed E-state index contributed by atoms with van der Waals surface area (Å²) in [6.45, 7) is 4.39. The van der Waals surface area contributed by atoms with Gasteiger partial charge in [-0.2, -0.15) is 0 Å². The van der Waals surface area contributed by atoms with Crippen LogP contribution < -0.4 is 5.11 Å². The van der Waals surface area contributed by atoms with Gasteiger partial charge in [-0.3, -0.25) is 9.59 Å². The van der Waals surface area contributed by atoms with Gasteiger partial charge in [-0.25, -0.2) is 0 Å². The van der Waals surface area contributed by atoms with Crippen LogP contribution in [0, 0.1) is 0 Å². The molecule has 0 aromatic heterocycles. The Morgan fingerprint density at radius 1 is 0.676 bits per heavy atom. The Bertz CT molecular complexity index is 745. The minimum atomic E-state index is -1.77. The zero-order valence-electron chi connectivity index (χ0n) is 23.6. The Morgan fingerprint density at radius 3 is 1.68 bits per heavy atom. The van der Waals surface area contributed by atoms with Crippen molar-refractivity contribution in [3.63, 3.8) is 0 Å². The molecule has 0 bridgehead atoms. The number of ether oxygens (including phenoxy) is 1. The van der Waals surface area contributed by atoms with E-state index in [0.717, 1.165) is 44.1 Å². The first-order chi connectivity index (χ1) is 17.9. The molecule has 0 spiro atoms. The first kappa shape index (κ1) is 32.9. The first-order valence-corrected chi connectivity index (χ1v) is 15.0. The van der Waals surface area contributed by atoms with E-state index in [4.69, 9.17) is 4.74 Å². The van der Waals surface area contributed by atoms with Crippen molar-refractivity contribution in [3.8, 4) is 0 Å². The molecule has 0 saturated heterocycles. The summed E-state index contributed by atoms with van der Waals surface area (Å²) < 4.78 is 5.79. The molecule has 1 rings (SSSR count). The minimum Gasteiger partial charge on any atom is -0.542 e. The average molecular weight is 516 g/mol. The molecule has 0 heterocycles. The Balaban J connectivity index is 2.74. The van der Waals surface area contributed by atoms with E-state index in [2.05, 4.69) is 13.8 Å². The third-order valence-corrected chi connectivity index (χ3v) is 7.24. The highest BCUT2D eigenvalue weighted by Gasteiger charge is 2.41. The van der Waals surface area contributed by atoms with E-state index in [9.17, 15) is 19.5 Å². The Hall–Kier alpha value is -2.17. The van der Waals surface area contributed by atoms with Crippen LogP contribution in [0.3, 0.4) is 0 Å². The lowest BCUT2D eigenvalue weighted by Gasteiger charge is -2.33. The van der Waals surface area contributed by atoms with Crippen molar-refractivity contribution in [1.82, 2.24) is 0 Å². The molecule has 210 valence electrons. The number of ketones is 1. The fourth-order valence-corrected chi connectivity index (χ4v) is 4.89. The summed E-state index contributed by atoms with van der Waals surface area (Å²) in [6, 6.07) is 9.60. The van der Waals surface area contributed by atoms with Gasteiger partial charge in [-0.1, -0.05) is 134 Å². The minimum absolute atomic E-state index is 0.156. The van der Waals surface area contributed by atoms with E-state index in [-0.39, 0.29) is 19.3 Å². The van der Waals surface area contributed by atoms with Crippen molar-refractivity contribution < 1.29 is 24.2 Å². The van der Waals surface area contributed by atoms with Crippen LogP contribution in [0.4, 0.5) is 0 Å². The van der Waals surface area contributed by atoms with E-state index in [1.165, 1.54) is 51.4 Å². The molecule has 5 nitrogen and oxygen atoms in total. The maximum atomic E-state index is 12.9. The smallest absolute Gasteiger partial charge is 0.306 e. The Labute approximate surface area is 225 Å². The maximum absolute atomic E-state index is 12.9. The maximum Gasteiger partial charge on any atom is 0.306 e. The summed E-state index contributed by atoms with van der Waals surface area (Å²) >= 11 is 0.